The number of halogens is 1. The van der Waals surface area contributed by atoms with Gasteiger partial charge in [-0.3, -0.25) is 0 Å². The van der Waals surface area contributed by atoms with Crippen molar-refractivity contribution < 1.29 is 14.3 Å². The van der Waals surface area contributed by atoms with Gasteiger partial charge in [0.2, 0.25) is 0 Å². The summed E-state index contributed by atoms with van der Waals surface area (Å²) in [5.41, 5.74) is 1.96. The molecule has 1 fully saturated rings. The number of pyridine rings is 1. The highest BCUT2D eigenvalue weighted by Crippen LogP contribution is 2.38. The minimum absolute atomic E-state index is 0.211. The molecule has 0 bridgehead atoms. The number of urea groups is 1. The van der Waals surface area contributed by atoms with Crippen LogP contribution >= 0.6 is 11.6 Å². The molecule has 0 radical (unpaired) electrons. The third kappa shape index (κ3) is 5.03. The Morgan fingerprint density at radius 1 is 1.10 bits per heavy atom. The summed E-state index contributed by atoms with van der Waals surface area (Å²) in [5, 5.41) is 6.26. The van der Waals surface area contributed by atoms with E-state index in [1.165, 1.54) is 12.8 Å². The zero-order chi connectivity index (χ0) is 20.1. The molecule has 0 spiro atoms. The Bertz CT molecular complexity index is 854. The van der Waals surface area contributed by atoms with Crippen LogP contribution in [0.3, 0.4) is 0 Å². The number of aromatic nitrogens is 1. The number of benzene rings is 1. The van der Waals surface area contributed by atoms with Crippen LogP contribution in [-0.4, -0.2) is 43.9 Å². The largest absolute Gasteiger partial charge is 0.486 e. The van der Waals surface area contributed by atoms with E-state index in [-0.39, 0.29) is 6.03 Å². The average molecular weight is 417 g/mol. The van der Waals surface area contributed by atoms with E-state index >= 15 is 0 Å². The second-order valence-corrected chi connectivity index (χ2v) is 7.59. The number of nitrogens with one attached hydrogen (secondary N) is 2. The van der Waals surface area contributed by atoms with Gasteiger partial charge in [-0.1, -0.05) is 17.7 Å². The maximum absolute atomic E-state index is 12.1. The van der Waals surface area contributed by atoms with Crippen LogP contribution in [0.15, 0.2) is 30.5 Å². The molecule has 0 unspecified atom stereocenters. The summed E-state index contributed by atoms with van der Waals surface area (Å²) < 4.78 is 11.1. The molecule has 2 aliphatic rings. The number of ether oxygens (including phenoxy) is 2. The third-order valence-corrected chi connectivity index (χ3v) is 5.33. The fourth-order valence-electron chi connectivity index (χ4n) is 3.53. The lowest BCUT2D eigenvalue weighted by molar-refractivity contribution is 0.171. The van der Waals surface area contributed by atoms with Crippen molar-refractivity contribution in [1.29, 1.82) is 0 Å². The molecule has 0 atom stereocenters. The van der Waals surface area contributed by atoms with Gasteiger partial charge >= 0.3 is 6.03 Å². The monoisotopic (exact) mass is 416 g/mol. The maximum Gasteiger partial charge on any atom is 0.315 e. The number of nitrogens with zero attached hydrogens (tertiary/aromatic N) is 2. The van der Waals surface area contributed by atoms with Gasteiger partial charge in [-0.25, -0.2) is 9.78 Å². The molecule has 3 heterocycles. The van der Waals surface area contributed by atoms with Crippen molar-refractivity contribution >= 4 is 23.4 Å². The quantitative estimate of drug-likeness (QED) is 0.756. The first kappa shape index (κ1) is 19.6. The highest BCUT2D eigenvalue weighted by molar-refractivity contribution is 6.32. The van der Waals surface area contributed by atoms with E-state index in [1.807, 2.05) is 30.5 Å². The van der Waals surface area contributed by atoms with Crippen LogP contribution in [0.2, 0.25) is 5.02 Å². The second kappa shape index (κ2) is 9.22. The standard InChI is InChI=1S/C21H25ClN4O3/c22-17-11-15(12-18-20(17)29-10-9-28-18)5-6-23-21(27)25-14-16-3-4-19(24-13-16)26-7-1-2-8-26/h3-4,11-13H,1-2,5-10,14H2,(H2,23,25,27). The molecule has 2 aliphatic heterocycles. The summed E-state index contributed by atoms with van der Waals surface area (Å²) in [7, 11) is 0. The molecule has 1 saturated heterocycles. The summed E-state index contributed by atoms with van der Waals surface area (Å²) in [6.07, 6.45) is 4.92. The number of fused-ring (bicyclic) bond motifs is 1. The topological polar surface area (TPSA) is 75.7 Å². The van der Waals surface area contributed by atoms with Crippen molar-refractivity contribution in [3.05, 3.63) is 46.6 Å². The minimum atomic E-state index is -0.211. The lowest BCUT2D eigenvalue weighted by Crippen LogP contribution is -2.36. The minimum Gasteiger partial charge on any atom is -0.486 e. The highest BCUT2D eigenvalue weighted by atomic mass is 35.5. The van der Waals surface area contributed by atoms with E-state index in [0.717, 1.165) is 30.0 Å². The lowest BCUT2D eigenvalue weighted by atomic mass is 10.1. The predicted octanol–water partition coefficient (Wildman–Crippen LogP) is 3.15. The van der Waals surface area contributed by atoms with Gasteiger partial charge in [-0.15, -0.1) is 0 Å². The van der Waals surface area contributed by atoms with Crippen molar-refractivity contribution in [1.82, 2.24) is 15.6 Å². The molecule has 4 rings (SSSR count). The zero-order valence-electron chi connectivity index (χ0n) is 16.2. The number of hydrogen-bond acceptors (Lipinski definition) is 5. The first-order valence-corrected chi connectivity index (χ1v) is 10.4. The second-order valence-electron chi connectivity index (χ2n) is 7.18. The molecular weight excluding hydrogens is 392 g/mol. The van der Waals surface area contributed by atoms with Crippen LogP contribution in [0, 0.1) is 0 Å². The number of rotatable bonds is 6. The predicted molar refractivity (Wildman–Crippen MR) is 112 cm³/mol. The molecule has 0 saturated carbocycles. The van der Waals surface area contributed by atoms with Crippen LogP contribution in [0.25, 0.3) is 0 Å². The van der Waals surface area contributed by atoms with Crippen molar-refractivity contribution in [3.63, 3.8) is 0 Å². The van der Waals surface area contributed by atoms with Gasteiger partial charge in [0.15, 0.2) is 11.5 Å². The number of carbonyl (C=O) groups is 1. The van der Waals surface area contributed by atoms with Gasteiger partial charge in [0, 0.05) is 32.4 Å². The van der Waals surface area contributed by atoms with Crippen LogP contribution in [0.4, 0.5) is 10.6 Å². The Balaban J connectivity index is 1.21. The summed E-state index contributed by atoms with van der Waals surface area (Å²) in [4.78, 5) is 18.8. The molecule has 1 aromatic heterocycles. The van der Waals surface area contributed by atoms with E-state index < -0.39 is 0 Å². The van der Waals surface area contributed by atoms with Crippen LogP contribution in [0.5, 0.6) is 11.5 Å². The SMILES string of the molecule is O=C(NCCc1cc(Cl)c2c(c1)OCCO2)NCc1ccc(N2CCCC2)nc1. The summed E-state index contributed by atoms with van der Waals surface area (Å²) in [6.45, 7) is 4.09. The van der Waals surface area contributed by atoms with E-state index in [9.17, 15) is 4.79 Å². The molecule has 8 heteroatoms. The van der Waals surface area contributed by atoms with Gasteiger partial charge in [-0.05, 0) is 48.6 Å². The van der Waals surface area contributed by atoms with Crippen molar-refractivity contribution in [2.45, 2.75) is 25.8 Å². The summed E-state index contributed by atoms with van der Waals surface area (Å²) in [5.74, 6) is 2.26. The number of hydrogen-bond donors (Lipinski definition) is 2. The molecule has 2 aromatic rings. The Labute approximate surface area is 175 Å². The molecular formula is C21H25ClN4O3. The Morgan fingerprint density at radius 3 is 2.72 bits per heavy atom. The summed E-state index contributed by atoms with van der Waals surface area (Å²) >= 11 is 6.25. The molecule has 7 nitrogen and oxygen atoms in total. The van der Waals surface area contributed by atoms with Crippen molar-refractivity contribution in [2.24, 2.45) is 0 Å². The average Bonchev–Trinajstić information content (AvgIpc) is 3.28. The number of carbonyl (C=O) groups excluding carboxylic acids is 1. The van der Waals surface area contributed by atoms with Gasteiger partial charge < -0.3 is 25.0 Å². The maximum atomic E-state index is 12.1. The lowest BCUT2D eigenvalue weighted by Gasteiger charge is -2.20. The van der Waals surface area contributed by atoms with Gasteiger partial charge in [0.25, 0.3) is 0 Å². The van der Waals surface area contributed by atoms with Crippen molar-refractivity contribution in [2.75, 3.05) is 37.7 Å². The number of amides is 2. The number of anilines is 1. The van der Waals surface area contributed by atoms with E-state index in [2.05, 4.69) is 20.5 Å². The molecule has 29 heavy (non-hydrogen) atoms. The molecule has 154 valence electrons. The third-order valence-electron chi connectivity index (χ3n) is 5.05. The zero-order valence-corrected chi connectivity index (χ0v) is 17.0. The first-order valence-electron chi connectivity index (χ1n) is 9.98. The normalized spacial score (nSPS) is 15.3. The van der Waals surface area contributed by atoms with Gasteiger partial charge in [0.05, 0.1) is 5.02 Å². The smallest absolute Gasteiger partial charge is 0.315 e. The van der Waals surface area contributed by atoms with E-state index in [4.69, 9.17) is 21.1 Å². The molecule has 1 aromatic carbocycles. The highest BCUT2D eigenvalue weighted by Gasteiger charge is 2.16. The van der Waals surface area contributed by atoms with Crippen molar-refractivity contribution in [3.8, 4) is 11.5 Å². The Morgan fingerprint density at radius 2 is 1.93 bits per heavy atom. The fourth-order valence-corrected chi connectivity index (χ4v) is 3.82. The van der Waals surface area contributed by atoms with Gasteiger partial charge in [-0.2, -0.15) is 0 Å². The van der Waals surface area contributed by atoms with E-state index in [0.29, 0.717) is 49.2 Å². The Kier molecular flexibility index (Phi) is 6.24. The molecule has 2 amide bonds. The Hall–Kier alpha value is -2.67. The van der Waals surface area contributed by atoms with Crippen LogP contribution in [-0.2, 0) is 13.0 Å². The summed E-state index contributed by atoms with van der Waals surface area (Å²) in [6, 6.07) is 7.58. The molecule has 2 N–H and O–H groups in total. The van der Waals surface area contributed by atoms with Crippen LogP contribution < -0.4 is 25.0 Å². The molecule has 0 aliphatic carbocycles. The van der Waals surface area contributed by atoms with Crippen LogP contribution in [0.1, 0.15) is 24.0 Å². The first-order chi connectivity index (χ1) is 14.2. The van der Waals surface area contributed by atoms with E-state index in [1.54, 1.807) is 0 Å². The van der Waals surface area contributed by atoms with Gasteiger partial charge in [0.1, 0.15) is 19.0 Å². The fraction of sp³-hybridized carbons (Fsp3) is 0.429.